The lowest BCUT2D eigenvalue weighted by atomic mass is 10.0. The van der Waals surface area contributed by atoms with Crippen molar-refractivity contribution < 1.29 is 14.6 Å². The molecule has 1 aromatic carbocycles. The molecule has 0 radical (unpaired) electrons. The van der Waals surface area contributed by atoms with Crippen LogP contribution in [0.5, 0.6) is 11.5 Å². The first-order chi connectivity index (χ1) is 10.2. The smallest absolute Gasteiger partial charge is 0.137 e. The van der Waals surface area contributed by atoms with E-state index in [1.807, 2.05) is 6.92 Å². The highest BCUT2D eigenvalue weighted by atomic mass is 35.5. The van der Waals surface area contributed by atoms with E-state index in [-0.39, 0.29) is 0 Å². The molecule has 0 saturated carbocycles. The van der Waals surface area contributed by atoms with E-state index >= 15 is 0 Å². The summed E-state index contributed by atoms with van der Waals surface area (Å²) in [6.45, 7) is 2.64. The van der Waals surface area contributed by atoms with Gasteiger partial charge in [-0.05, 0) is 24.6 Å². The normalized spacial score (nSPS) is 12.0. The van der Waals surface area contributed by atoms with Gasteiger partial charge in [-0.3, -0.25) is 4.98 Å². The Morgan fingerprint density at radius 1 is 1.33 bits per heavy atom. The van der Waals surface area contributed by atoms with Crippen LogP contribution < -0.4 is 9.47 Å². The van der Waals surface area contributed by atoms with Gasteiger partial charge >= 0.3 is 0 Å². The molecule has 2 aromatic rings. The van der Waals surface area contributed by atoms with Gasteiger partial charge < -0.3 is 14.6 Å². The molecule has 0 fully saturated rings. The van der Waals surface area contributed by atoms with Gasteiger partial charge in [0.25, 0.3) is 0 Å². The first-order valence-electron chi connectivity index (χ1n) is 6.75. The van der Waals surface area contributed by atoms with Crippen LogP contribution in [0.15, 0.2) is 36.7 Å². The number of pyridine rings is 1. The molecular weight excluding hydrogens is 290 g/mol. The van der Waals surface area contributed by atoms with Crippen LogP contribution >= 0.6 is 11.6 Å². The number of hydrogen-bond acceptors (Lipinski definition) is 4. The molecule has 0 bridgehead atoms. The lowest BCUT2D eigenvalue weighted by molar-refractivity contribution is 0.213. The molecule has 1 unspecified atom stereocenters. The number of benzene rings is 1. The van der Waals surface area contributed by atoms with Gasteiger partial charge in [0.15, 0.2) is 0 Å². The van der Waals surface area contributed by atoms with Crippen LogP contribution in [0.3, 0.4) is 0 Å². The fourth-order valence-corrected chi connectivity index (χ4v) is 2.28. The van der Waals surface area contributed by atoms with Crippen LogP contribution in [0.25, 0.3) is 0 Å². The number of halogens is 1. The number of aromatic nitrogens is 1. The number of aliphatic hydroxyl groups excluding tert-OH is 1. The van der Waals surface area contributed by atoms with Gasteiger partial charge in [-0.2, -0.15) is 0 Å². The maximum atomic E-state index is 10.6. The number of nitrogens with zero attached hydrogens (tertiary/aromatic N) is 1. The van der Waals surface area contributed by atoms with E-state index in [0.29, 0.717) is 34.3 Å². The van der Waals surface area contributed by atoms with Crippen molar-refractivity contribution >= 4 is 11.6 Å². The fourth-order valence-electron chi connectivity index (χ4n) is 2.01. The number of aliphatic hydroxyl groups is 1. The summed E-state index contributed by atoms with van der Waals surface area (Å²) in [5.41, 5.74) is 1.13. The Morgan fingerprint density at radius 3 is 2.86 bits per heavy atom. The van der Waals surface area contributed by atoms with Crippen LogP contribution in [0.4, 0.5) is 0 Å². The van der Waals surface area contributed by atoms with Crippen molar-refractivity contribution in [2.45, 2.75) is 19.4 Å². The summed E-state index contributed by atoms with van der Waals surface area (Å²) in [5, 5.41) is 11.0. The Hall–Kier alpha value is -1.78. The molecule has 0 spiro atoms. The molecule has 0 aliphatic carbocycles. The molecular formula is C16H18ClNO3. The van der Waals surface area contributed by atoms with E-state index in [1.54, 1.807) is 43.8 Å². The largest absolute Gasteiger partial charge is 0.496 e. The molecule has 0 aliphatic heterocycles. The Labute approximate surface area is 129 Å². The second kappa shape index (κ2) is 7.29. The van der Waals surface area contributed by atoms with Crippen molar-refractivity contribution in [2.24, 2.45) is 0 Å². The molecule has 112 valence electrons. The molecule has 4 nitrogen and oxygen atoms in total. The third-order valence-corrected chi connectivity index (χ3v) is 3.36. The zero-order valence-electron chi connectivity index (χ0n) is 12.0. The molecule has 0 aliphatic rings. The Balaban J connectivity index is 2.34. The molecule has 1 atom stereocenters. The van der Waals surface area contributed by atoms with E-state index in [2.05, 4.69) is 4.98 Å². The predicted octanol–water partition coefficient (Wildman–Crippen LogP) is 3.61. The van der Waals surface area contributed by atoms with Gasteiger partial charge in [0, 0.05) is 17.3 Å². The average molecular weight is 308 g/mol. The average Bonchev–Trinajstić information content (AvgIpc) is 2.52. The van der Waals surface area contributed by atoms with E-state index in [9.17, 15) is 5.11 Å². The molecule has 0 amide bonds. The van der Waals surface area contributed by atoms with Crippen molar-refractivity contribution in [3.63, 3.8) is 0 Å². The van der Waals surface area contributed by atoms with Gasteiger partial charge in [0.05, 0.1) is 24.9 Å². The van der Waals surface area contributed by atoms with Crippen molar-refractivity contribution in [1.29, 1.82) is 0 Å². The highest BCUT2D eigenvalue weighted by molar-refractivity contribution is 6.31. The minimum absolute atomic E-state index is 0.446. The van der Waals surface area contributed by atoms with Crippen LogP contribution in [-0.2, 0) is 0 Å². The van der Waals surface area contributed by atoms with Gasteiger partial charge in [0.1, 0.15) is 17.6 Å². The Bertz CT molecular complexity index is 604. The second-order valence-electron chi connectivity index (χ2n) is 4.56. The Morgan fingerprint density at radius 2 is 2.14 bits per heavy atom. The summed E-state index contributed by atoms with van der Waals surface area (Å²) in [7, 11) is 1.54. The van der Waals surface area contributed by atoms with E-state index in [4.69, 9.17) is 21.1 Å². The minimum Gasteiger partial charge on any atom is -0.496 e. The molecule has 2 rings (SSSR count). The number of hydrogen-bond donors (Lipinski definition) is 1. The zero-order chi connectivity index (χ0) is 15.2. The quantitative estimate of drug-likeness (QED) is 0.885. The summed E-state index contributed by atoms with van der Waals surface area (Å²) in [6, 6.07) is 7.01. The van der Waals surface area contributed by atoms with Crippen molar-refractivity contribution in [2.75, 3.05) is 13.7 Å². The number of ether oxygens (including phenoxy) is 2. The summed E-state index contributed by atoms with van der Waals surface area (Å²) >= 11 is 6.18. The molecule has 1 N–H and O–H groups in total. The van der Waals surface area contributed by atoms with Crippen molar-refractivity contribution in [3.05, 3.63) is 52.8 Å². The molecule has 21 heavy (non-hydrogen) atoms. The molecule has 1 heterocycles. The zero-order valence-corrected chi connectivity index (χ0v) is 12.8. The highest BCUT2D eigenvalue weighted by Crippen LogP contribution is 2.36. The lowest BCUT2D eigenvalue weighted by Crippen LogP contribution is -2.05. The third-order valence-electron chi connectivity index (χ3n) is 3.03. The topological polar surface area (TPSA) is 51.6 Å². The molecule has 0 saturated heterocycles. The van der Waals surface area contributed by atoms with E-state index in [0.717, 1.165) is 6.42 Å². The number of rotatable bonds is 6. The van der Waals surface area contributed by atoms with Crippen LogP contribution in [-0.4, -0.2) is 23.8 Å². The molecule has 5 heteroatoms. The SMILES string of the molecule is CCCOc1cncc(C(O)c2c(Cl)cccc2OC)c1. The second-order valence-corrected chi connectivity index (χ2v) is 4.97. The summed E-state index contributed by atoms with van der Waals surface area (Å²) in [4.78, 5) is 4.10. The lowest BCUT2D eigenvalue weighted by Gasteiger charge is -2.17. The van der Waals surface area contributed by atoms with Gasteiger partial charge in [-0.25, -0.2) is 0 Å². The maximum absolute atomic E-state index is 10.6. The van der Waals surface area contributed by atoms with Gasteiger partial charge in [-0.15, -0.1) is 0 Å². The standard InChI is InChI=1S/C16H18ClNO3/c1-3-7-21-12-8-11(9-18-10-12)16(19)15-13(17)5-4-6-14(15)20-2/h4-6,8-10,16,19H,3,7H2,1-2H3. The number of methoxy groups -OCH3 is 1. The fraction of sp³-hybridized carbons (Fsp3) is 0.312. The highest BCUT2D eigenvalue weighted by Gasteiger charge is 2.19. The van der Waals surface area contributed by atoms with E-state index < -0.39 is 6.10 Å². The monoisotopic (exact) mass is 307 g/mol. The van der Waals surface area contributed by atoms with Crippen molar-refractivity contribution in [3.8, 4) is 11.5 Å². The summed E-state index contributed by atoms with van der Waals surface area (Å²) in [5.74, 6) is 1.16. The van der Waals surface area contributed by atoms with E-state index in [1.165, 1.54) is 0 Å². The molecule has 1 aromatic heterocycles. The van der Waals surface area contributed by atoms with Crippen LogP contribution in [0.1, 0.15) is 30.6 Å². The first-order valence-corrected chi connectivity index (χ1v) is 7.13. The minimum atomic E-state index is -0.925. The predicted molar refractivity (Wildman–Crippen MR) is 82.1 cm³/mol. The third kappa shape index (κ3) is 3.65. The van der Waals surface area contributed by atoms with Gasteiger partial charge in [-0.1, -0.05) is 24.6 Å². The summed E-state index contributed by atoms with van der Waals surface area (Å²) in [6.07, 6.45) is 3.19. The van der Waals surface area contributed by atoms with Crippen molar-refractivity contribution in [1.82, 2.24) is 4.98 Å². The summed E-state index contributed by atoms with van der Waals surface area (Å²) < 4.78 is 10.8. The first kappa shape index (κ1) is 15.6. The van der Waals surface area contributed by atoms with Gasteiger partial charge in [0.2, 0.25) is 0 Å². The maximum Gasteiger partial charge on any atom is 0.137 e. The Kier molecular flexibility index (Phi) is 5.42. The van der Waals surface area contributed by atoms with Crippen LogP contribution in [0.2, 0.25) is 5.02 Å². The van der Waals surface area contributed by atoms with Crippen LogP contribution in [0, 0.1) is 0 Å².